The van der Waals surface area contributed by atoms with E-state index in [4.69, 9.17) is 12.2 Å². The average Bonchev–Trinajstić information content (AvgIpc) is 3.14. The summed E-state index contributed by atoms with van der Waals surface area (Å²) in [5.41, 5.74) is 3.13. The molecule has 1 aliphatic heterocycles. The van der Waals surface area contributed by atoms with Gasteiger partial charge >= 0.3 is 0 Å². The van der Waals surface area contributed by atoms with E-state index in [-0.39, 0.29) is 17.5 Å². The van der Waals surface area contributed by atoms with Gasteiger partial charge in [0.05, 0.1) is 23.2 Å². The van der Waals surface area contributed by atoms with Crippen LogP contribution in [-0.2, 0) is 16.4 Å². The summed E-state index contributed by atoms with van der Waals surface area (Å²) in [6.45, 7) is 10.1. The fraction of sp³-hybridized carbons (Fsp3) is 0.800. The number of nitrogens with one attached hydrogen (secondary N) is 1. The summed E-state index contributed by atoms with van der Waals surface area (Å²) in [7, 11) is -0.929. The highest BCUT2D eigenvalue weighted by Crippen LogP contribution is 2.27. The van der Waals surface area contributed by atoms with Crippen molar-refractivity contribution in [1.29, 1.82) is 0 Å². The molecule has 160 valence electrons. The Kier molecular flexibility index (Phi) is 8.30. The van der Waals surface area contributed by atoms with Gasteiger partial charge in [-0.25, -0.2) is 8.42 Å². The Labute approximate surface area is 176 Å². The van der Waals surface area contributed by atoms with Crippen LogP contribution in [0, 0.1) is 19.8 Å². The summed E-state index contributed by atoms with van der Waals surface area (Å²) in [5, 5.41) is 8.83. The van der Waals surface area contributed by atoms with Crippen LogP contribution < -0.4 is 5.32 Å². The standard InChI is InChI=1S/C20H36N4O2S2/c1-6-8-9-17(7-2)12-21-20(27)23(5)13-19-15(3)22-24(16(19)4)18-10-11-28(25,26)14-18/h17-18H,6-14H2,1-5H3,(H,21,27)/t17-,18-/m0/s1. The maximum absolute atomic E-state index is 11.8. The number of sulfone groups is 1. The highest BCUT2D eigenvalue weighted by molar-refractivity contribution is 7.91. The van der Waals surface area contributed by atoms with Crippen molar-refractivity contribution in [1.82, 2.24) is 20.0 Å². The molecular weight excluding hydrogens is 392 g/mol. The molecule has 1 saturated heterocycles. The largest absolute Gasteiger partial charge is 0.362 e. The first-order chi connectivity index (χ1) is 13.2. The van der Waals surface area contributed by atoms with Crippen LogP contribution >= 0.6 is 12.2 Å². The summed E-state index contributed by atoms with van der Waals surface area (Å²) >= 11 is 5.59. The Balaban J connectivity index is 1.98. The molecule has 0 unspecified atom stereocenters. The maximum atomic E-state index is 11.8. The summed E-state index contributed by atoms with van der Waals surface area (Å²) in [4.78, 5) is 2.05. The first-order valence-electron chi connectivity index (χ1n) is 10.4. The minimum Gasteiger partial charge on any atom is -0.362 e. The third-order valence-corrected chi connectivity index (χ3v) is 8.06. The third kappa shape index (κ3) is 5.92. The number of nitrogens with zero attached hydrogens (tertiary/aromatic N) is 3. The van der Waals surface area contributed by atoms with Crippen molar-refractivity contribution in [2.24, 2.45) is 5.92 Å². The van der Waals surface area contributed by atoms with E-state index in [0.717, 1.165) is 35.0 Å². The molecule has 0 bridgehead atoms. The monoisotopic (exact) mass is 428 g/mol. The van der Waals surface area contributed by atoms with Crippen molar-refractivity contribution in [3.63, 3.8) is 0 Å². The van der Waals surface area contributed by atoms with E-state index in [2.05, 4.69) is 29.2 Å². The van der Waals surface area contributed by atoms with E-state index in [1.807, 2.05) is 25.6 Å². The highest BCUT2D eigenvalue weighted by atomic mass is 32.2. The van der Waals surface area contributed by atoms with Gasteiger partial charge in [0.25, 0.3) is 0 Å². The lowest BCUT2D eigenvalue weighted by Crippen LogP contribution is -2.39. The first-order valence-corrected chi connectivity index (χ1v) is 12.6. The molecule has 1 fully saturated rings. The number of rotatable bonds is 9. The Hall–Kier alpha value is -1.15. The summed E-state index contributed by atoms with van der Waals surface area (Å²) in [5.74, 6) is 1.11. The molecule has 0 saturated carbocycles. The van der Waals surface area contributed by atoms with E-state index in [1.54, 1.807) is 0 Å². The average molecular weight is 429 g/mol. The number of hydrogen-bond acceptors (Lipinski definition) is 4. The van der Waals surface area contributed by atoms with Gasteiger partial charge < -0.3 is 10.2 Å². The molecule has 2 atom stereocenters. The zero-order valence-corrected chi connectivity index (χ0v) is 19.6. The maximum Gasteiger partial charge on any atom is 0.168 e. The second kappa shape index (κ2) is 10.1. The van der Waals surface area contributed by atoms with Crippen LogP contribution in [-0.4, -0.2) is 53.3 Å². The molecular formula is C20H36N4O2S2. The molecule has 0 aliphatic carbocycles. The summed E-state index contributed by atoms with van der Waals surface area (Å²) < 4.78 is 25.6. The van der Waals surface area contributed by atoms with E-state index in [9.17, 15) is 8.42 Å². The Morgan fingerprint density at radius 1 is 1.39 bits per heavy atom. The van der Waals surface area contributed by atoms with Crippen LogP contribution in [0.2, 0.25) is 0 Å². The van der Waals surface area contributed by atoms with Crippen molar-refractivity contribution < 1.29 is 8.42 Å². The van der Waals surface area contributed by atoms with Crippen LogP contribution in [0.4, 0.5) is 0 Å². The van der Waals surface area contributed by atoms with Crippen LogP contribution in [0.3, 0.4) is 0 Å². The molecule has 0 spiro atoms. The molecule has 2 rings (SSSR count). The van der Waals surface area contributed by atoms with E-state index >= 15 is 0 Å². The minimum absolute atomic E-state index is 0.0447. The molecule has 2 heterocycles. The number of unbranched alkanes of at least 4 members (excludes halogenated alkanes) is 1. The van der Waals surface area contributed by atoms with Gasteiger partial charge in [-0.15, -0.1) is 0 Å². The summed E-state index contributed by atoms with van der Waals surface area (Å²) in [6, 6.07) is -0.0447. The molecule has 1 aliphatic rings. The fourth-order valence-electron chi connectivity index (χ4n) is 3.87. The van der Waals surface area contributed by atoms with Crippen molar-refractivity contribution in [3.05, 3.63) is 17.0 Å². The zero-order chi connectivity index (χ0) is 20.9. The molecule has 1 N–H and O–H groups in total. The van der Waals surface area contributed by atoms with Crippen molar-refractivity contribution in [2.45, 2.75) is 72.4 Å². The molecule has 1 aromatic rings. The van der Waals surface area contributed by atoms with Crippen LogP contribution in [0.15, 0.2) is 0 Å². The summed E-state index contributed by atoms with van der Waals surface area (Å²) in [6.07, 6.45) is 5.54. The Morgan fingerprint density at radius 3 is 2.68 bits per heavy atom. The van der Waals surface area contributed by atoms with E-state index in [1.165, 1.54) is 19.3 Å². The van der Waals surface area contributed by atoms with Crippen LogP contribution in [0.1, 0.15) is 68.9 Å². The SMILES string of the molecule is CCCC[C@H](CC)CNC(=S)N(C)Cc1c(C)nn([C@H]2CCS(=O)(=O)C2)c1C. The quantitative estimate of drug-likeness (QED) is 0.608. The number of hydrogen-bond donors (Lipinski definition) is 1. The van der Waals surface area contributed by atoms with Crippen molar-refractivity contribution in [2.75, 3.05) is 25.1 Å². The van der Waals surface area contributed by atoms with Gasteiger partial charge in [0.2, 0.25) is 0 Å². The molecule has 6 nitrogen and oxygen atoms in total. The van der Waals surface area contributed by atoms with E-state index < -0.39 is 9.84 Å². The van der Waals surface area contributed by atoms with Crippen molar-refractivity contribution >= 4 is 27.2 Å². The number of aryl methyl sites for hydroxylation is 1. The molecule has 0 amide bonds. The molecule has 0 radical (unpaired) electrons. The highest BCUT2D eigenvalue weighted by Gasteiger charge is 2.31. The Morgan fingerprint density at radius 2 is 2.11 bits per heavy atom. The van der Waals surface area contributed by atoms with Crippen LogP contribution in [0.5, 0.6) is 0 Å². The van der Waals surface area contributed by atoms with Gasteiger partial charge in [-0.2, -0.15) is 5.10 Å². The van der Waals surface area contributed by atoms with Gasteiger partial charge in [-0.1, -0.05) is 33.1 Å². The minimum atomic E-state index is -2.93. The second-order valence-electron chi connectivity index (χ2n) is 8.11. The Bertz CT molecular complexity index is 773. The van der Waals surface area contributed by atoms with Crippen molar-refractivity contribution in [3.8, 4) is 0 Å². The normalized spacial score (nSPS) is 19.5. The fourth-order valence-corrected chi connectivity index (χ4v) is 5.71. The molecule has 8 heteroatoms. The number of aromatic nitrogens is 2. The number of thiocarbonyl (C=S) groups is 1. The lowest BCUT2D eigenvalue weighted by molar-refractivity contribution is 0.426. The lowest BCUT2D eigenvalue weighted by Gasteiger charge is -2.24. The van der Waals surface area contributed by atoms with Gasteiger partial charge in [-0.05, 0) is 44.8 Å². The van der Waals surface area contributed by atoms with Gasteiger partial charge in [0.15, 0.2) is 14.9 Å². The topological polar surface area (TPSA) is 67.2 Å². The predicted octanol–water partition coefficient (Wildman–Crippen LogP) is 3.38. The van der Waals surface area contributed by atoms with Gasteiger partial charge in [0.1, 0.15) is 0 Å². The van der Waals surface area contributed by atoms with E-state index in [0.29, 0.717) is 18.9 Å². The lowest BCUT2D eigenvalue weighted by atomic mass is 9.99. The van der Waals surface area contributed by atoms with Crippen LogP contribution in [0.25, 0.3) is 0 Å². The smallest absolute Gasteiger partial charge is 0.168 e. The predicted molar refractivity (Wildman–Crippen MR) is 119 cm³/mol. The molecule has 0 aromatic carbocycles. The first kappa shape index (κ1) is 23.1. The molecule has 28 heavy (non-hydrogen) atoms. The zero-order valence-electron chi connectivity index (χ0n) is 18.0. The molecule has 1 aromatic heterocycles. The van der Waals surface area contributed by atoms with Gasteiger partial charge in [-0.3, -0.25) is 4.68 Å². The van der Waals surface area contributed by atoms with Gasteiger partial charge in [0, 0.05) is 31.4 Å². The third-order valence-electron chi connectivity index (χ3n) is 5.86. The second-order valence-corrected chi connectivity index (χ2v) is 10.7.